The Morgan fingerprint density at radius 3 is 3.14 bits per heavy atom. The summed E-state index contributed by atoms with van der Waals surface area (Å²) in [4.78, 5) is 10.9. The van der Waals surface area contributed by atoms with Crippen molar-refractivity contribution in [2.45, 2.75) is 0 Å². The van der Waals surface area contributed by atoms with Crippen LogP contribution < -0.4 is 5.73 Å². The summed E-state index contributed by atoms with van der Waals surface area (Å²) in [6, 6.07) is 5.20. The summed E-state index contributed by atoms with van der Waals surface area (Å²) < 4.78 is 6.59. The van der Waals surface area contributed by atoms with Gasteiger partial charge in [-0.25, -0.2) is 0 Å². The largest absolute Gasteiger partial charge is 0.471 e. The Hall–Kier alpha value is -2.17. The lowest BCUT2D eigenvalue weighted by Gasteiger charge is -1.88. The van der Waals surface area contributed by atoms with Gasteiger partial charge in [-0.05, 0) is 18.2 Å². The summed E-state index contributed by atoms with van der Waals surface area (Å²) in [6.07, 6.45) is 4.69. The van der Waals surface area contributed by atoms with E-state index in [1.165, 1.54) is 12.5 Å². The number of H-pyrrole nitrogens is 1. The number of amides is 1. The number of primary amides is 1. The van der Waals surface area contributed by atoms with Crippen LogP contribution in [0.2, 0.25) is 0 Å². The molecule has 0 radical (unpaired) electrons. The van der Waals surface area contributed by atoms with Crippen molar-refractivity contribution < 1.29 is 9.21 Å². The number of rotatable bonds is 1. The van der Waals surface area contributed by atoms with Crippen molar-refractivity contribution in [2.75, 3.05) is 0 Å². The molecule has 14 heavy (non-hydrogen) atoms. The van der Waals surface area contributed by atoms with Gasteiger partial charge in [0, 0.05) is 0 Å². The van der Waals surface area contributed by atoms with Crippen molar-refractivity contribution in [3.63, 3.8) is 0 Å². The molecule has 0 unspecified atom stereocenters. The molecular formula is C9H9N3O2. The average molecular weight is 191 g/mol. The van der Waals surface area contributed by atoms with Crippen molar-refractivity contribution in [1.29, 1.82) is 0 Å². The zero-order chi connectivity index (χ0) is 9.97. The molecule has 1 amide bonds. The van der Waals surface area contributed by atoms with Gasteiger partial charge >= 0.3 is 0 Å². The molecule has 0 saturated heterocycles. The SMILES string of the molecule is NC(=O)c1cc2cccoccn2[nH]1. The third-order valence-corrected chi connectivity index (χ3v) is 1.79. The second-order valence-corrected chi connectivity index (χ2v) is 2.75. The fourth-order valence-corrected chi connectivity index (χ4v) is 1.15. The first-order chi connectivity index (χ1) is 6.77. The molecule has 0 aromatic carbocycles. The maximum absolute atomic E-state index is 10.9. The van der Waals surface area contributed by atoms with E-state index in [0.29, 0.717) is 5.69 Å². The van der Waals surface area contributed by atoms with E-state index in [9.17, 15) is 4.79 Å². The highest BCUT2D eigenvalue weighted by atomic mass is 16.3. The Labute approximate surface area is 79.4 Å². The van der Waals surface area contributed by atoms with Crippen LogP contribution in [0.25, 0.3) is 5.52 Å². The third-order valence-electron chi connectivity index (χ3n) is 1.79. The first-order valence-electron chi connectivity index (χ1n) is 4.04. The Balaban J connectivity index is 2.72. The molecule has 72 valence electrons. The van der Waals surface area contributed by atoms with Crippen LogP contribution in [0.5, 0.6) is 0 Å². The fourth-order valence-electron chi connectivity index (χ4n) is 1.15. The van der Waals surface area contributed by atoms with Gasteiger partial charge in [-0.2, -0.15) is 0 Å². The maximum Gasteiger partial charge on any atom is 0.266 e. The van der Waals surface area contributed by atoms with E-state index in [0.717, 1.165) is 5.52 Å². The van der Waals surface area contributed by atoms with Crippen molar-refractivity contribution in [3.05, 3.63) is 42.6 Å². The molecule has 2 aromatic rings. The van der Waals surface area contributed by atoms with E-state index in [1.54, 1.807) is 28.9 Å². The molecule has 2 heterocycles. The Bertz CT molecular complexity index is 467. The predicted octanol–water partition coefficient (Wildman–Crippen LogP) is 1.08. The average Bonchev–Trinajstić information content (AvgIpc) is 2.48. The highest BCUT2D eigenvalue weighted by Crippen LogP contribution is 2.03. The second-order valence-electron chi connectivity index (χ2n) is 2.75. The molecule has 2 rings (SSSR count). The minimum Gasteiger partial charge on any atom is -0.471 e. The van der Waals surface area contributed by atoms with Gasteiger partial charge in [0.2, 0.25) is 0 Å². The molecule has 0 saturated carbocycles. The van der Waals surface area contributed by atoms with Gasteiger partial charge in [0.05, 0.1) is 18.0 Å². The van der Waals surface area contributed by atoms with Crippen molar-refractivity contribution in [2.24, 2.45) is 5.73 Å². The lowest BCUT2D eigenvalue weighted by Crippen LogP contribution is -2.11. The number of carbonyl (C=O) groups is 1. The number of carbonyl (C=O) groups excluding carboxylic acids is 1. The van der Waals surface area contributed by atoms with E-state index in [2.05, 4.69) is 5.10 Å². The fraction of sp³-hybridized carbons (Fsp3) is 0. The normalized spacial score (nSPS) is 10.0. The molecule has 5 heteroatoms. The molecule has 0 atom stereocenters. The predicted molar refractivity (Wildman–Crippen MR) is 50.2 cm³/mol. The van der Waals surface area contributed by atoms with Crippen LogP contribution in [-0.2, 0) is 0 Å². The molecule has 0 bridgehead atoms. The van der Waals surface area contributed by atoms with Crippen LogP contribution in [0.3, 0.4) is 0 Å². The summed E-state index contributed by atoms with van der Waals surface area (Å²) in [7, 11) is 0. The molecule has 0 aliphatic carbocycles. The highest BCUT2D eigenvalue weighted by molar-refractivity contribution is 5.92. The van der Waals surface area contributed by atoms with Crippen molar-refractivity contribution in [1.82, 2.24) is 9.61 Å². The van der Waals surface area contributed by atoms with Crippen LogP contribution >= 0.6 is 0 Å². The molecule has 0 fully saturated rings. The number of hydrogen-bond acceptors (Lipinski definition) is 2. The van der Waals surface area contributed by atoms with Gasteiger partial charge in [0.25, 0.3) is 5.91 Å². The molecule has 5 nitrogen and oxygen atoms in total. The van der Waals surface area contributed by atoms with Crippen molar-refractivity contribution >= 4 is 11.4 Å². The number of hydrogen-bond donors (Lipinski definition) is 2. The minimum atomic E-state index is -0.490. The van der Waals surface area contributed by atoms with Gasteiger partial charge in [-0.3, -0.25) is 14.4 Å². The van der Waals surface area contributed by atoms with E-state index < -0.39 is 5.91 Å². The van der Waals surface area contributed by atoms with Crippen LogP contribution in [0, 0.1) is 0 Å². The molecule has 0 spiro atoms. The highest BCUT2D eigenvalue weighted by Gasteiger charge is 2.02. The lowest BCUT2D eigenvalue weighted by molar-refractivity contribution is 0.0995. The first kappa shape index (κ1) is 8.43. The topological polar surface area (TPSA) is 76.4 Å². The molecule has 2 aromatic heterocycles. The monoisotopic (exact) mass is 191 g/mol. The summed E-state index contributed by atoms with van der Waals surface area (Å²) >= 11 is 0. The van der Waals surface area contributed by atoms with Crippen molar-refractivity contribution in [3.8, 4) is 0 Å². The lowest BCUT2D eigenvalue weighted by atomic mass is 10.4. The van der Waals surface area contributed by atoms with E-state index in [4.69, 9.17) is 10.2 Å². The Kier molecular flexibility index (Phi) is 1.98. The number of nitrogens with zero attached hydrogens (tertiary/aromatic N) is 1. The van der Waals surface area contributed by atoms with Gasteiger partial charge in [0.15, 0.2) is 0 Å². The van der Waals surface area contributed by atoms with Gasteiger partial charge in [-0.15, -0.1) is 0 Å². The van der Waals surface area contributed by atoms with E-state index >= 15 is 0 Å². The summed E-state index contributed by atoms with van der Waals surface area (Å²) in [5.41, 5.74) is 6.32. The number of nitrogens with one attached hydrogen (secondary N) is 1. The smallest absolute Gasteiger partial charge is 0.266 e. The van der Waals surface area contributed by atoms with E-state index in [1.807, 2.05) is 0 Å². The molecule has 0 aliphatic rings. The zero-order valence-corrected chi connectivity index (χ0v) is 7.31. The van der Waals surface area contributed by atoms with E-state index in [-0.39, 0.29) is 0 Å². The summed E-state index contributed by atoms with van der Waals surface area (Å²) in [6.45, 7) is 0. The Morgan fingerprint density at radius 2 is 2.36 bits per heavy atom. The quantitative estimate of drug-likeness (QED) is 0.707. The number of aromatic nitrogens is 2. The maximum atomic E-state index is 10.9. The molecule has 0 aliphatic heterocycles. The van der Waals surface area contributed by atoms with Crippen LogP contribution in [0.15, 0.2) is 41.3 Å². The van der Waals surface area contributed by atoms with Crippen LogP contribution in [-0.4, -0.2) is 15.5 Å². The van der Waals surface area contributed by atoms with Gasteiger partial charge in [0.1, 0.15) is 12.0 Å². The van der Waals surface area contributed by atoms with Crippen LogP contribution in [0.1, 0.15) is 10.5 Å². The molecular weight excluding hydrogens is 182 g/mol. The zero-order valence-electron chi connectivity index (χ0n) is 7.31. The second kappa shape index (κ2) is 3.29. The van der Waals surface area contributed by atoms with Gasteiger partial charge in [-0.1, -0.05) is 0 Å². The Morgan fingerprint density at radius 1 is 1.50 bits per heavy atom. The standard InChI is InChI=1S/C9H9N3O2/c10-9(13)8-6-7-2-1-4-14-5-3-12(7)11-8/h1-6,11H,(H2,10,13). The number of aromatic amines is 1. The molecule has 3 N–H and O–H groups in total. The first-order valence-corrected chi connectivity index (χ1v) is 4.04. The number of fused-ring (bicyclic) bond motifs is 1. The minimum absolute atomic E-state index is 0.358. The number of nitrogens with two attached hydrogens (primary N) is 1. The van der Waals surface area contributed by atoms with Gasteiger partial charge < -0.3 is 10.2 Å². The van der Waals surface area contributed by atoms with Crippen LogP contribution in [0.4, 0.5) is 0 Å². The summed E-state index contributed by atoms with van der Waals surface area (Å²) in [5.74, 6) is -0.490. The summed E-state index contributed by atoms with van der Waals surface area (Å²) in [5, 5.41) is 2.81. The third kappa shape index (κ3) is 1.47.